The van der Waals surface area contributed by atoms with Gasteiger partial charge < -0.3 is 5.32 Å². The highest BCUT2D eigenvalue weighted by Gasteiger charge is 2.46. The van der Waals surface area contributed by atoms with Crippen molar-refractivity contribution in [2.24, 2.45) is 5.92 Å². The molecule has 1 N–H and O–H groups in total. The summed E-state index contributed by atoms with van der Waals surface area (Å²) in [6, 6.07) is 0. The predicted molar refractivity (Wildman–Crippen MR) is 46.3 cm³/mol. The topological polar surface area (TPSA) is 29.1 Å². The van der Waals surface area contributed by atoms with Crippen LogP contribution >= 0.6 is 34.8 Å². The van der Waals surface area contributed by atoms with Gasteiger partial charge in [-0.05, 0) is 6.42 Å². The Kier molecular flexibility index (Phi) is 2.90. The van der Waals surface area contributed by atoms with Gasteiger partial charge in [0.15, 0.2) is 4.33 Å². The Morgan fingerprint density at radius 3 is 2.64 bits per heavy atom. The SMILES string of the molecule is O=C1NCC(CCCl)C1(Cl)Cl. The fraction of sp³-hybridized carbons (Fsp3) is 0.833. The van der Waals surface area contributed by atoms with Crippen molar-refractivity contribution in [1.82, 2.24) is 5.32 Å². The van der Waals surface area contributed by atoms with Crippen molar-refractivity contribution in [3.63, 3.8) is 0 Å². The first-order valence-electron chi connectivity index (χ1n) is 3.31. The minimum absolute atomic E-state index is 0.0594. The lowest BCUT2D eigenvalue weighted by atomic mass is 10.1. The van der Waals surface area contributed by atoms with E-state index in [9.17, 15) is 4.79 Å². The van der Waals surface area contributed by atoms with Crippen LogP contribution in [0.25, 0.3) is 0 Å². The number of nitrogens with one attached hydrogen (secondary N) is 1. The van der Waals surface area contributed by atoms with Crippen molar-refractivity contribution in [2.75, 3.05) is 12.4 Å². The molecule has 11 heavy (non-hydrogen) atoms. The molecule has 1 rings (SSSR count). The van der Waals surface area contributed by atoms with Crippen LogP contribution in [-0.2, 0) is 4.79 Å². The van der Waals surface area contributed by atoms with Crippen LogP contribution in [0.5, 0.6) is 0 Å². The summed E-state index contributed by atoms with van der Waals surface area (Å²) in [6.45, 7) is 0.526. The van der Waals surface area contributed by atoms with E-state index in [2.05, 4.69) is 5.32 Å². The average Bonchev–Trinajstić information content (AvgIpc) is 2.16. The van der Waals surface area contributed by atoms with E-state index < -0.39 is 4.33 Å². The highest BCUT2D eigenvalue weighted by molar-refractivity contribution is 6.58. The number of hydrogen-bond donors (Lipinski definition) is 1. The van der Waals surface area contributed by atoms with Crippen molar-refractivity contribution in [3.05, 3.63) is 0 Å². The van der Waals surface area contributed by atoms with Crippen molar-refractivity contribution >= 4 is 40.7 Å². The molecular weight excluding hydrogens is 208 g/mol. The van der Waals surface area contributed by atoms with Gasteiger partial charge in [0, 0.05) is 18.3 Å². The maximum absolute atomic E-state index is 11.0. The zero-order valence-electron chi connectivity index (χ0n) is 5.74. The third-order valence-electron chi connectivity index (χ3n) is 1.78. The smallest absolute Gasteiger partial charge is 0.256 e. The summed E-state index contributed by atoms with van der Waals surface area (Å²) in [4.78, 5) is 11.0. The normalized spacial score (nSPS) is 28.6. The van der Waals surface area contributed by atoms with E-state index >= 15 is 0 Å². The van der Waals surface area contributed by atoms with Crippen molar-refractivity contribution in [3.8, 4) is 0 Å². The van der Waals surface area contributed by atoms with Crippen LogP contribution in [0.1, 0.15) is 6.42 Å². The number of alkyl halides is 3. The number of carbonyl (C=O) groups is 1. The molecule has 1 aliphatic heterocycles. The van der Waals surface area contributed by atoms with Gasteiger partial charge >= 0.3 is 0 Å². The van der Waals surface area contributed by atoms with Gasteiger partial charge in [0.1, 0.15) is 0 Å². The highest BCUT2D eigenvalue weighted by atomic mass is 35.5. The van der Waals surface area contributed by atoms with Gasteiger partial charge in [0.25, 0.3) is 5.91 Å². The summed E-state index contributed by atoms with van der Waals surface area (Å²) in [5.41, 5.74) is 0. The van der Waals surface area contributed by atoms with Gasteiger partial charge in [0.05, 0.1) is 0 Å². The van der Waals surface area contributed by atoms with E-state index in [1.54, 1.807) is 0 Å². The van der Waals surface area contributed by atoms with Gasteiger partial charge in [-0.3, -0.25) is 4.79 Å². The maximum atomic E-state index is 11.0. The molecule has 1 aliphatic rings. The predicted octanol–water partition coefficient (Wildman–Crippen LogP) is 1.54. The fourth-order valence-corrected chi connectivity index (χ4v) is 1.83. The Labute approximate surface area is 80.2 Å². The Balaban J connectivity index is 2.62. The number of amides is 1. The summed E-state index contributed by atoms with van der Waals surface area (Å²) >= 11 is 17.0. The maximum Gasteiger partial charge on any atom is 0.256 e. The van der Waals surface area contributed by atoms with E-state index in [4.69, 9.17) is 34.8 Å². The summed E-state index contributed by atoms with van der Waals surface area (Å²) in [7, 11) is 0. The van der Waals surface area contributed by atoms with Crippen LogP contribution < -0.4 is 5.32 Å². The minimum Gasteiger partial charge on any atom is -0.353 e. The molecule has 2 nitrogen and oxygen atoms in total. The molecule has 1 unspecified atom stereocenters. The summed E-state index contributed by atoms with van der Waals surface area (Å²) < 4.78 is -1.27. The molecule has 1 atom stereocenters. The van der Waals surface area contributed by atoms with Crippen LogP contribution in [0.3, 0.4) is 0 Å². The van der Waals surface area contributed by atoms with Crippen molar-refractivity contribution in [1.29, 1.82) is 0 Å². The molecule has 0 bridgehead atoms. The molecule has 0 aromatic carbocycles. The molecule has 5 heteroatoms. The minimum atomic E-state index is -1.27. The lowest BCUT2D eigenvalue weighted by Gasteiger charge is -2.16. The second kappa shape index (κ2) is 3.38. The van der Waals surface area contributed by atoms with Gasteiger partial charge in [-0.15, -0.1) is 11.6 Å². The average molecular weight is 216 g/mol. The largest absolute Gasteiger partial charge is 0.353 e. The molecule has 1 fully saturated rings. The summed E-state index contributed by atoms with van der Waals surface area (Å²) in [5.74, 6) is 0.104. The van der Waals surface area contributed by atoms with Gasteiger partial charge in [-0.2, -0.15) is 0 Å². The second-order valence-electron chi connectivity index (χ2n) is 2.51. The quantitative estimate of drug-likeness (QED) is 0.697. The third-order valence-corrected chi connectivity index (χ3v) is 2.96. The van der Waals surface area contributed by atoms with Gasteiger partial charge in [-0.25, -0.2) is 0 Å². The number of hydrogen-bond acceptors (Lipinski definition) is 1. The lowest BCUT2D eigenvalue weighted by Crippen LogP contribution is -2.30. The van der Waals surface area contributed by atoms with E-state index in [0.29, 0.717) is 18.8 Å². The van der Waals surface area contributed by atoms with E-state index in [-0.39, 0.29) is 11.8 Å². The van der Waals surface area contributed by atoms with Crippen LogP contribution in [0.2, 0.25) is 0 Å². The van der Waals surface area contributed by atoms with Gasteiger partial charge in [-0.1, -0.05) is 23.2 Å². The van der Waals surface area contributed by atoms with Crippen LogP contribution in [-0.4, -0.2) is 22.7 Å². The Bertz CT molecular complexity index is 171. The molecule has 0 radical (unpaired) electrons. The first-order valence-corrected chi connectivity index (χ1v) is 4.60. The molecule has 1 heterocycles. The standard InChI is InChI=1S/C6H8Cl3NO/c7-2-1-4-3-10-5(11)6(4,8)9/h4H,1-3H2,(H,10,11). The number of carbonyl (C=O) groups excluding carboxylic acids is 1. The van der Waals surface area contributed by atoms with Crippen molar-refractivity contribution in [2.45, 2.75) is 10.8 Å². The summed E-state index contributed by atoms with van der Waals surface area (Å²) in [5, 5.41) is 2.58. The van der Waals surface area contributed by atoms with E-state index in [1.165, 1.54) is 0 Å². The molecule has 0 aromatic heterocycles. The first kappa shape index (κ1) is 9.43. The third kappa shape index (κ3) is 1.74. The van der Waals surface area contributed by atoms with Crippen LogP contribution in [0, 0.1) is 5.92 Å². The summed E-state index contributed by atoms with van der Waals surface area (Å²) in [6.07, 6.45) is 0.660. The molecule has 0 saturated carbocycles. The molecular formula is C6H8Cl3NO. The molecule has 0 aliphatic carbocycles. The zero-order valence-corrected chi connectivity index (χ0v) is 8.01. The second-order valence-corrected chi connectivity index (χ2v) is 4.27. The zero-order chi connectivity index (χ0) is 8.48. The highest BCUT2D eigenvalue weighted by Crippen LogP contribution is 2.36. The fourth-order valence-electron chi connectivity index (χ4n) is 1.06. The molecule has 64 valence electrons. The Morgan fingerprint density at radius 1 is 1.64 bits per heavy atom. The van der Waals surface area contributed by atoms with Crippen molar-refractivity contribution < 1.29 is 4.79 Å². The number of halogens is 3. The Morgan fingerprint density at radius 2 is 2.27 bits per heavy atom. The number of rotatable bonds is 2. The van der Waals surface area contributed by atoms with Crippen LogP contribution in [0.15, 0.2) is 0 Å². The van der Waals surface area contributed by atoms with E-state index in [1.807, 2.05) is 0 Å². The molecule has 1 saturated heterocycles. The van der Waals surface area contributed by atoms with Gasteiger partial charge in [0.2, 0.25) is 0 Å². The lowest BCUT2D eigenvalue weighted by molar-refractivity contribution is -0.119. The molecule has 1 amide bonds. The Hall–Kier alpha value is 0.340. The van der Waals surface area contributed by atoms with E-state index in [0.717, 1.165) is 0 Å². The first-order chi connectivity index (χ1) is 5.09. The molecule has 0 spiro atoms. The van der Waals surface area contributed by atoms with Crippen LogP contribution in [0.4, 0.5) is 0 Å². The molecule has 0 aromatic rings. The monoisotopic (exact) mass is 215 g/mol.